The van der Waals surface area contributed by atoms with E-state index in [1.165, 1.54) is 11.1 Å². The predicted octanol–water partition coefficient (Wildman–Crippen LogP) is 4.43. The van der Waals surface area contributed by atoms with E-state index in [1.54, 1.807) is 24.3 Å². The average molecular weight is 328 g/mol. The van der Waals surface area contributed by atoms with E-state index in [2.05, 4.69) is 5.32 Å². The van der Waals surface area contributed by atoms with Crippen molar-refractivity contribution in [2.45, 2.75) is 32.1 Å². The van der Waals surface area contributed by atoms with Crippen molar-refractivity contribution in [1.29, 1.82) is 0 Å². The number of aryl methyl sites for hydroxylation is 2. The largest absolute Gasteiger partial charge is 0.325 e. The summed E-state index contributed by atoms with van der Waals surface area (Å²) < 4.78 is 0. The fourth-order valence-corrected chi connectivity index (χ4v) is 3.07. The van der Waals surface area contributed by atoms with E-state index >= 15 is 0 Å². The lowest BCUT2D eigenvalue weighted by Gasteiger charge is -2.07. The Bertz CT molecular complexity index is 755. The molecule has 0 unspecified atom stereocenters. The van der Waals surface area contributed by atoms with Gasteiger partial charge in [-0.2, -0.15) is 0 Å². The van der Waals surface area contributed by atoms with E-state index in [0.717, 1.165) is 19.3 Å². The van der Waals surface area contributed by atoms with Crippen LogP contribution < -0.4 is 5.32 Å². The van der Waals surface area contributed by atoms with Gasteiger partial charge in [0.1, 0.15) is 0 Å². The fourth-order valence-electron chi connectivity index (χ4n) is 2.89. The van der Waals surface area contributed by atoms with Gasteiger partial charge in [-0.25, -0.2) is 0 Å². The summed E-state index contributed by atoms with van der Waals surface area (Å²) in [7, 11) is 0. The number of hydrogen-bond donors (Lipinski definition) is 1. The van der Waals surface area contributed by atoms with Gasteiger partial charge in [-0.15, -0.1) is 0 Å². The van der Waals surface area contributed by atoms with Crippen LogP contribution >= 0.6 is 11.6 Å². The van der Waals surface area contributed by atoms with Crippen LogP contribution in [0.3, 0.4) is 0 Å². The number of nitrogens with one attached hydrogen (secondary N) is 1. The van der Waals surface area contributed by atoms with E-state index in [0.29, 0.717) is 16.3 Å². The highest BCUT2D eigenvalue weighted by atomic mass is 35.5. The van der Waals surface area contributed by atoms with E-state index in [9.17, 15) is 9.59 Å². The molecule has 1 N–H and O–H groups in total. The van der Waals surface area contributed by atoms with Crippen molar-refractivity contribution in [3.8, 4) is 0 Å². The van der Waals surface area contributed by atoms with Gasteiger partial charge in [-0.3, -0.25) is 9.59 Å². The maximum Gasteiger partial charge on any atom is 0.224 e. The lowest BCUT2D eigenvalue weighted by Crippen LogP contribution is -2.13. The summed E-state index contributed by atoms with van der Waals surface area (Å²) in [5.41, 5.74) is 3.90. The smallest absolute Gasteiger partial charge is 0.224 e. The van der Waals surface area contributed by atoms with Gasteiger partial charge >= 0.3 is 0 Å². The SMILES string of the molecule is O=C(CCC(=O)c1ccc2c(c1)CCC2)Nc1ccccc1Cl. The lowest BCUT2D eigenvalue weighted by atomic mass is 10.0. The molecule has 1 aliphatic rings. The molecule has 1 amide bonds. The number of carbonyl (C=O) groups is 2. The summed E-state index contributed by atoms with van der Waals surface area (Å²) in [6, 6.07) is 13.0. The van der Waals surface area contributed by atoms with Gasteiger partial charge in [0.2, 0.25) is 5.91 Å². The number of para-hydroxylation sites is 1. The molecule has 0 radical (unpaired) electrons. The first-order chi connectivity index (χ1) is 11.1. The lowest BCUT2D eigenvalue weighted by molar-refractivity contribution is -0.116. The van der Waals surface area contributed by atoms with Crippen LogP contribution in [0.5, 0.6) is 0 Å². The first-order valence-electron chi connectivity index (χ1n) is 7.83. The second-order valence-corrected chi connectivity index (χ2v) is 6.20. The minimum absolute atomic E-state index is 0.00834. The van der Waals surface area contributed by atoms with Gasteiger partial charge in [-0.05, 0) is 48.6 Å². The molecule has 1 aliphatic carbocycles. The van der Waals surface area contributed by atoms with Gasteiger partial charge in [0.15, 0.2) is 5.78 Å². The van der Waals surface area contributed by atoms with Crippen molar-refractivity contribution in [2.75, 3.05) is 5.32 Å². The molecule has 4 heteroatoms. The van der Waals surface area contributed by atoms with Crippen molar-refractivity contribution in [3.63, 3.8) is 0 Å². The van der Waals surface area contributed by atoms with Crippen LogP contribution in [0.4, 0.5) is 5.69 Å². The van der Waals surface area contributed by atoms with Crippen molar-refractivity contribution < 1.29 is 9.59 Å². The third-order valence-electron chi connectivity index (χ3n) is 4.15. The Kier molecular flexibility index (Phi) is 4.77. The molecule has 0 bridgehead atoms. The number of rotatable bonds is 5. The number of fused-ring (bicyclic) bond motifs is 1. The molecule has 3 rings (SSSR count). The molecule has 0 aliphatic heterocycles. The van der Waals surface area contributed by atoms with E-state index in [4.69, 9.17) is 11.6 Å². The van der Waals surface area contributed by atoms with Gasteiger partial charge < -0.3 is 5.32 Å². The quantitative estimate of drug-likeness (QED) is 0.826. The molecule has 23 heavy (non-hydrogen) atoms. The van der Waals surface area contributed by atoms with Crippen molar-refractivity contribution >= 4 is 29.0 Å². The highest BCUT2D eigenvalue weighted by molar-refractivity contribution is 6.33. The fraction of sp³-hybridized carbons (Fsp3) is 0.263. The zero-order valence-electron chi connectivity index (χ0n) is 12.8. The molecule has 0 spiro atoms. The Morgan fingerprint density at radius 2 is 1.78 bits per heavy atom. The average Bonchev–Trinajstić information content (AvgIpc) is 3.02. The van der Waals surface area contributed by atoms with Crippen molar-refractivity contribution in [3.05, 3.63) is 64.2 Å². The highest BCUT2D eigenvalue weighted by Crippen LogP contribution is 2.24. The maximum atomic E-state index is 12.3. The second kappa shape index (κ2) is 6.97. The maximum absolute atomic E-state index is 12.3. The monoisotopic (exact) mass is 327 g/mol. The van der Waals surface area contributed by atoms with Gasteiger partial charge in [0.25, 0.3) is 0 Å². The van der Waals surface area contributed by atoms with Crippen LogP contribution in [0.25, 0.3) is 0 Å². The number of ketones is 1. The minimum atomic E-state index is -0.201. The number of carbonyl (C=O) groups excluding carboxylic acids is 2. The predicted molar refractivity (Wildman–Crippen MR) is 92.1 cm³/mol. The zero-order valence-corrected chi connectivity index (χ0v) is 13.5. The number of Topliss-reactive ketones (excluding diaryl/α,β-unsaturated/α-hetero) is 1. The van der Waals surface area contributed by atoms with Crippen molar-refractivity contribution in [1.82, 2.24) is 0 Å². The Hall–Kier alpha value is -2.13. The second-order valence-electron chi connectivity index (χ2n) is 5.79. The molecule has 0 atom stereocenters. The normalized spacial score (nSPS) is 12.7. The third-order valence-corrected chi connectivity index (χ3v) is 4.48. The van der Waals surface area contributed by atoms with Crippen LogP contribution in [0.1, 0.15) is 40.7 Å². The van der Waals surface area contributed by atoms with Crippen LogP contribution in [0.2, 0.25) is 5.02 Å². The van der Waals surface area contributed by atoms with Crippen LogP contribution in [0.15, 0.2) is 42.5 Å². The molecule has 2 aromatic rings. The van der Waals surface area contributed by atoms with Gasteiger partial charge in [0, 0.05) is 18.4 Å². The summed E-state index contributed by atoms with van der Waals surface area (Å²) in [4.78, 5) is 24.2. The summed E-state index contributed by atoms with van der Waals surface area (Å²) in [5.74, 6) is -0.193. The van der Waals surface area contributed by atoms with Gasteiger partial charge in [-0.1, -0.05) is 35.9 Å². The zero-order chi connectivity index (χ0) is 16.2. The first kappa shape index (κ1) is 15.8. The highest BCUT2D eigenvalue weighted by Gasteiger charge is 2.15. The number of hydrogen-bond acceptors (Lipinski definition) is 2. The minimum Gasteiger partial charge on any atom is -0.325 e. The molecule has 0 saturated carbocycles. The first-order valence-corrected chi connectivity index (χ1v) is 8.20. The van der Waals surface area contributed by atoms with E-state index in [1.807, 2.05) is 18.2 Å². The summed E-state index contributed by atoms with van der Waals surface area (Å²) >= 11 is 6.00. The van der Waals surface area contributed by atoms with Crippen LogP contribution in [-0.2, 0) is 17.6 Å². The Balaban J connectivity index is 1.56. The molecule has 0 saturated heterocycles. The standard InChI is InChI=1S/C19H18ClNO2/c20-16-6-1-2-7-17(16)21-19(23)11-10-18(22)15-9-8-13-4-3-5-14(13)12-15/h1-2,6-9,12H,3-5,10-11H2,(H,21,23). The Morgan fingerprint density at radius 3 is 2.61 bits per heavy atom. The van der Waals surface area contributed by atoms with E-state index in [-0.39, 0.29) is 24.5 Å². The molecule has 0 aromatic heterocycles. The summed E-state index contributed by atoms with van der Waals surface area (Å²) in [6.45, 7) is 0. The molecule has 0 heterocycles. The molecular weight excluding hydrogens is 310 g/mol. The van der Waals surface area contributed by atoms with E-state index < -0.39 is 0 Å². The summed E-state index contributed by atoms with van der Waals surface area (Å²) in [6.07, 6.45) is 3.66. The van der Waals surface area contributed by atoms with Gasteiger partial charge in [0.05, 0.1) is 10.7 Å². The van der Waals surface area contributed by atoms with Crippen LogP contribution in [0, 0.1) is 0 Å². The Morgan fingerprint density at radius 1 is 1.00 bits per heavy atom. The molecule has 3 nitrogen and oxygen atoms in total. The molecule has 2 aromatic carbocycles. The topological polar surface area (TPSA) is 46.2 Å². The van der Waals surface area contributed by atoms with Crippen molar-refractivity contribution in [2.24, 2.45) is 0 Å². The number of anilines is 1. The third kappa shape index (κ3) is 3.80. The number of halogens is 1. The molecular formula is C19H18ClNO2. The molecule has 118 valence electrons. The summed E-state index contributed by atoms with van der Waals surface area (Å²) in [5, 5.41) is 3.23. The Labute approximate surface area is 140 Å². The van der Waals surface area contributed by atoms with Crippen LogP contribution in [-0.4, -0.2) is 11.7 Å². The molecule has 0 fully saturated rings. The number of amides is 1. The number of benzene rings is 2.